The molecule has 88 valence electrons. The number of anilines is 2. The summed E-state index contributed by atoms with van der Waals surface area (Å²) in [7, 11) is 0. The van der Waals surface area contributed by atoms with Crippen molar-refractivity contribution in [3.05, 3.63) is 11.2 Å². The molecule has 0 aliphatic carbocycles. The van der Waals surface area contributed by atoms with Gasteiger partial charge in [0.1, 0.15) is 5.02 Å². The van der Waals surface area contributed by atoms with E-state index in [1.165, 1.54) is 6.42 Å². The molecule has 0 aromatic carbocycles. The summed E-state index contributed by atoms with van der Waals surface area (Å²) in [6.07, 6.45) is 2.88. The quantitative estimate of drug-likeness (QED) is 0.881. The number of aromatic nitrogens is 2. The van der Waals surface area contributed by atoms with Crippen LogP contribution in [-0.4, -0.2) is 29.6 Å². The van der Waals surface area contributed by atoms with E-state index in [0.717, 1.165) is 25.5 Å². The molecule has 1 aliphatic rings. The van der Waals surface area contributed by atoms with Gasteiger partial charge in [-0.3, -0.25) is 0 Å². The minimum atomic E-state index is 0.635. The predicted molar refractivity (Wildman–Crippen MR) is 67.2 cm³/mol. The minimum Gasteiger partial charge on any atom is -0.355 e. The number of nitrogens with one attached hydrogen (secondary N) is 1. The van der Waals surface area contributed by atoms with Gasteiger partial charge in [-0.15, -0.1) is 0 Å². The topological polar surface area (TPSA) is 41.1 Å². The summed E-state index contributed by atoms with van der Waals surface area (Å²) in [4.78, 5) is 10.8. The molecule has 1 atom stereocenters. The van der Waals surface area contributed by atoms with E-state index in [1.54, 1.807) is 6.20 Å². The molecule has 0 radical (unpaired) electrons. The molecule has 1 fully saturated rings. The van der Waals surface area contributed by atoms with Gasteiger partial charge >= 0.3 is 0 Å². The molecule has 1 saturated heterocycles. The summed E-state index contributed by atoms with van der Waals surface area (Å²) < 4.78 is 0. The lowest BCUT2D eigenvalue weighted by Crippen LogP contribution is -2.21. The van der Waals surface area contributed by atoms with Crippen molar-refractivity contribution in [2.75, 3.05) is 29.9 Å². The standard InChI is InChI=1S/C11H17ClN4/c1-3-13-11-14-6-9(12)10(15-11)16-5-4-8(2)7-16/h6,8H,3-5,7H2,1-2H3,(H,13,14,15). The Bertz CT molecular complexity index is 369. The first-order chi connectivity index (χ1) is 7.70. The number of rotatable bonds is 3. The van der Waals surface area contributed by atoms with Crippen molar-refractivity contribution in [1.82, 2.24) is 9.97 Å². The Labute approximate surface area is 101 Å². The van der Waals surface area contributed by atoms with E-state index in [2.05, 4.69) is 27.1 Å². The van der Waals surface area contributed by atoms with Crippen LogP contribution in [0.5, 0.6) is 0 Å². The predicted octanol–water partition coefficient (Wildman–Crippen LogP) is 2.41. The van der Waals surface area contributed by atoms with Crippen LogP contribution >= 0.6 is 11.6 Å². The highest BCUT2D eigenvalue weighted by Crippen LogP contribution is 2.28. The normalized spacial score (nSPS) is 20.2. The number of hydrogen-bond donors (Lipinski definition) is 1. The maximum atomic E-state index is 6.13. The van der Waals surface area contributed by atoms with E-state index in [1.807, 2.05) is 6.92 Å². The van der Waals surface area contributed by atoms with Crippen molar-refractivity contribution in [2.24, 2.45) is 5.92 Å². The molecule has 5 heteroatoms. The molecule has 1 aromatic rings. The van der Waals surface area contributed by atoms with Crippen LogP contribution in [0, 0.1) is 5.92 Å². The van der Waals surface area contributed by atoms with E-state index in [4.69, 9.17) is 11.6 Å². The van der Waals surface area contributed by atoms with Crippen LogP contribution in [0.4, 0.5) is 11.8 Å². The zero-order valence-electron chi connectivity index (χ0n) is 9.70. The molecule has 0 spiro atoms. The summed E-state index contributed by atoms with van der Waals surface area (Å²) in [6.45, 7) is 7.15. The monoisotopic (exact) mass is 240 g/mol. The average molecular weight is 241 g/mol. The first-order valence-electron chi connectivity index (χ1n) is 5.72. The highest BCUT2D eigenvalue weighted by atomic mass is 35.5. The molecule has 0 bridgehead atoms. The van der Waals surface area contributed by atoms with E-state index in [0.29, 0.717) is 16.9 Å². The molecule has 0 saturated carbocycles. The van der Waals surface area contributed by atoms with Gasteiger partial charge in [0, 0.05) is 19.6 Å². The SMILES string of the molecule is CCNc1ncc(Cl)c(N2CCC(C)C2)n1. The minimum absolute atomic E-state index is 0.635. The lowest BCUT2D eigenvalue weighted by molar-refractivity contribution is 0.659. The molecular weight excluding hydrogens is 224 g/mol. The van der Waals surface area contributed by atoms with Gasteiger partial charge in [0.05, 0.1) is 6.20 Å². The highest BCUT2D eigenvalue weighted by Gasteiger charge is 2.22. The summed E-state index contributed by atoms with van der Waals surface area (Å²) in [6, 6.07) is 0. The second-order valence-corrected chi connectivity index (χ2v) is 4.64. The maximum Gasteiger partial charge on any atom is 0.224 e. The van der Waals surface area contributed by atoms with Crippen LogP contribution in [0.3, 0.4) is 0 Å². The second-order valence-electron chi connectivity index (χ2n) is 4.24. The van der Waals surface area contributed by atoms with Crippen molar-refractivity contribution < 1.29 is 0 Å². The van der Waals surface area contributed by atoms with Gasteiger partial charge in [-0.05, 0) is 19.3 Å². The molecule has 1 unspecified atom stereocenters. The van der Waals surface area contributed by atoms with E-state index >= 15 is 0 Å². The molecular formula is C11H17ClN4. The summed E-state index contributed by atoms with van der Waals surface area (Å²) >= 11 is 6.13. The maximum absolute atomic E-state index is 6.13. The fraction of sp³-hybridized carbons (Fsp3) is 0.636. The molecule has 1 aromatic heterocycles. The molecule has 2 heterocycles. The van der Waals surface area contributed by atoms with E-state index in [9.17, 15) is 0 Å². The third-order valence-corrected chi connectivity index (χ3v) is 3.05. The molecule has 1 N–H and O–H groups in total. The molecule has 2 rings (SSSR count). The first-order valence-corrected chi connectivity index (χ1v) is 6.10. The van der Waals surface area contributed by atoms with Crippen LogP contribution in [-0.2, 0) is 0 Å². The third kappa shape index (κ3) is 2.38. The van der Waals surface area contributed by atoms with E-state index in [-0.39, 0.29) is 0 Å². The zero-order valence-corrected chi connectivity index (χ0v) is 10.5. The largest absolute Gasteiger partial charge is 0.355 e. The Hall–Kier alpha value is -1.03. The number of nitrogens with zero attached hydrogens (tertiary/aromatic N) is 3. The Balaban J connectivity index is 2.21. The zero-order chi connectivity index (χ0) is 11.5. The Kier molecular flexibility index (Phi) is 3.49. The van der Waals surface area contributed by atoms with Crippen LogP contribution in [0.25, 0.3) is 0 Å². The molecule has 1 aliphatic heterocycles. The fourth-order valence-electron chi connectivity index (χ4n) is 1.95. The Morgan fingerprint density at radius 2 is 2.44 bits per heavy atom. The van der Waals surface area contributed by atoms with E-state index < -0.39 is 0 Å². The second kappa shape index (κ2) is 4.87. The van der Waals surface area contributed by atoms with Gasteiger partial charge in [-0.25, -0.2) is 4.98 Å². The Morgan fingerprint density at radius 3 is 3.06 bits per heavy atom. The summed E-state index contributed by atoms with van der Waals surface area (Å²) in [5.41, 5.74) is 0. The first kappa shape index (κ1) is 11.5. The molecule has 0 amide bonds. The van der Waals surface area contributed by atoms with Gasteiger partial charge in [0.25, 0.3) is 0 Å². The van der Waals surface area contributed by atoms with Gasteiger partial charge in [0.15, 0.2) is 5.82 Å². The average Bonchev–Trinajstić information content (AvgIpc) is 2.68. The fourth-order valence-corrected chi connectivity index (χ4v) is 2.16. The van der Waals surface area contributed by atoms with Crippen molar-refractivity contribution in [1.29, 1.82) is 0 Å². The third-order valence-electron chi connectivity index (χ3n) is 2.78. The van der Waals surface area contributed by atoms with Gasteiger partial charge < -0.3 is 10.2 Å². The van der Waals surface area contributed by atoms with Crippen molar-refractivity contribution in [3.63, 3.8) is 0 Å². The van der Waals surface area contributed by atoms with Crippen molar-refractivity contribution >= 4 is 23.4 Å². The lowest BCUT2D eigenvalue weighted by Gasteiger charge is -2.18. The Morgan fingerprint density at radius 1 is 1.62 bits per heavy atom. The lowest BCUT2D eigenvalue weighted by atomic mass is 10.2. The summed E-state index contributed by atoms with van der Waals surface area (Å²) in [5.74, 6) is 2.23. The van der Waals surface area contributed by atoms with Crippen LogP contribution < -0.4 is 10.2 Å². The highest BCUT2D eigenvalue weighted by molar-refractivity contribution is 6.32. The smallest absolute Gasteiger partial charge is 0.224 e. The van der Waals surface area contributed by atoms with Gasteiger partial charge in [-0.2, -0.15) is 4.98 Å². The van der Waals surface area contributed by atoms with Crippen LogP contribution in [0.2, 0.25) is 5.02 Å². The van der Waals surface area contributed by atoms with Crippen LogP contribution in [0.15, 0.2) is 6.20 Å². The number of hydrogen-bond acceptors (Lipinski definition) is 4. The molecule has 16 heavy (non-hydrogen) atoms. The van der Waals surface area contributed by atoms with Crippen molar-refractivity contribution in [3.8, 4) is 0 Å². The van der Waals surface area contributed by atoms with Crippen LogP contribution in [0.1, 0.15) is 20.3 Å². The van der Waals surface area contributed by atoms with Gasteiger partial charge in [0.2, 0.25) is 5.95 Å². The molecule has 4 nitrogen and oxygen atoms in total. The summed E-state index contributed by atoms with van der Waals surface area (Å²) in [5, 5.41) is 3.74. The van der Waals surface area contributed by atoms with Gasteiger partial charge in [-0.1, -0.05) is 18.5 Å². The number of halogens is 1. The van der Waals surface area contributed by atoms with Crippen molar-refractivity contribution in [2.45, 2.75) is 20.3 Å².